The summed E-state index contributed by atoms with van der Waals surface area (Å²) in [6.45, 7) is 9.85. The van der Waals surface area contributed by atoms with Crippen LogP contribution in [0.5, 0.6) is 5.75 Å². The summed E-state index contributed by atoms with van der Waals surface area (Å²) in [5.41, 5.74) is 7.25. The number of anilines is 1. The number of nitrogens with zero attached hydrogens (tertiary/aromatic N) is 3. The minimum atomic E-state index is -0.330. The molecule has 0 saturated heterocycles. The molecule has 0 aliphatic carbocycles. The summed E-state index contributed by atoms with van der Waals surface area (Å²) in [5, 5.41) is 8.24. The molecule has 5 rings (SSSR count). The van der Waals surface area contributed by atoms with Crippen molar-refractivity contribution in [2.45, 2.75) is 58.4 Å². The number of fused-ring (bicyclic) bond motifs is 1. The monoisotopic (exact) mass is 507 g/mol. The van der Waals surface area contributed by atoms with E-state index in [1.165, 1.54) is 27.9 Å². The van der Waals surface area contributed by atoms with Gasteiger partial charge in [-0.15, -0.1) is 10.2 Å². The molecule has 0 N–H and O–H groups in total. The van der Waals surface area contributed by atoms with Gasteiger partial charge in [-0.1, -0.05) is 63.2 Å². The first-order chi connectivity index (χ1) is 18.4. The van der Waals surface area contributed by atoms with Crippen LogP contribution >= 0.6 is 0 Å². The van der Waals surface area contributed by atoms with Gasteiger partial charge in [-0.3, -0.25) is 0 Å². The molecule has 1 aliphatic rings. The van der Waals surface area contributed by atoms with Gasteiger partial charge in [-0.2, -0.15) is 0 Å². The predicted molar refractivity (Wildman–Crippen MR) is 155 cm³/mol. The van der Waals surface area contributed by atoms with Crippen molar-refractivity contribution >= 4 is 17.8 Å². The summed E-state index contributed by atoms with van der Waals surface area (Å²) in [7, 11) is 1.73. The van der Waals surface area contributed by atoms with Crippen molar-refractivity contribution in [2.75, 3.05) is 18.6 Å². The normalized spacial score (nSPS) is 17.3. The van der Waals surface area contributed by atoms with Gasteiger partial charge < -0.3 is 14.1 Å². The van der Waals surface area contributed by atoms with Crippen LogP contribution < -0.4 is 9.64 Å². The molecule has 196 valence electrons. The highest BCUT2D eigenvalue weighted by atomic mass is 16.5. The highest BCUT2D eigenvalue weighted by molar-refractivity contribution is 5.67. The van der Waals surface area contributed by atoms with Crippen LogP contribution in [-0.4, -0.2) is 23.9 Å². The van der Waals surface area contributed by atoms with E-state index < -0.39 is 0 Å². The number of aromatic nitrogens is 2. The second-order valence-corrected chi connectivity index (χ2v) is 10.5. The van der Waals surface area contributed by atoms with Crippen molar-refractivity contribution in [1.82, 2.24) is 10.2 Å². The Kier molecular flexibility index (Phi) is 7.37. The first-order valence-corrected chi connectivity index (χ1v) is 13.6. The van der Waals surface area contributed by atoms with Crippen molar-refractivity contribution < 1.29 is 9.15 Å². The van der Waals surface area contributed by atoms with Gasteiger partial charge in [0, 0.05) is 24.7 Å². The van der Waals surface area contributed by atoms with Gasteiger partial charge >= 0.3 is 0 Å². The maximum Gasteiger partial charge on any atom is 0.240 e. The third kappa shape index (κ3) is 4.98. The molecule has 0 radical (unpaired) electrons. The Morgan fingerprint density at radius 3 is 2.45 bits per heavy atom. The molecular formula is C33H37N3O2. The topological polar surface area (TPSA) is 51.4 Å². The molecule has 1 atom stereocenters. The lowest BCUT2D eigenvalue weighted by Gasteiger charge is -2.48. The lowest BCUT2D eigenvalue weighted by molar-refractivity contribution is 0.411. The van der Waals surface area contributed by atoms with E-state index in [4.69, 9.17) is 9.15 Å². The standard InChI is InChI=1S/C33H37N3O2/c1-6-7-31-34-35-32(38-31)19-10-24-8-13-27(14-9-24)33(4)30-18-17-29(37-5)22-26(30)20-21-36(33)28-15-11-25(12-16-28)23(2)3/h8-19,22-23H,6-7,20-21H2,1-5H3. The number of aryl methyl sites for hydroxylation is 1. The van der Waals surface area contributed by atoms with Crippen LogP contribution in [-0.2, 0) is 18.4 Å². The highest BCUT2D eigenvalue weighted by Gasteiger charge is 2.40. The highest BCUT2D eigenvalue weighted by Crippen LogP contribution is 2.44. The SMILES string of the molecule is CCCc1nnc(C=Cc2ccc(C3(C)c4ccc(OC)cc4CCN3c3ccc(C(C)C)cc3)cc2)o1. The van der Waals surface area contributed by atoms with Gasteiger partial charge in [0.1, 0.15) is 5.75 Å². The minimum Gasteiger partial charge on any atom is -0.497 e. The quantitative estimate of drug-likeness (QED) is 0.245. The van der Waals surface area contributed by atoms with Crippen LogP contribution in [0.15, 0.2) is 71.1 Å². The Hall–Kier alpha value is -3.86. The van der Waals surface area contributed by atoms with Crippen LogP contribution in [0.3, 0.4) is 0 Å². The third-order valence-electron chi connectivity index (χ3n) is 7.69. The number of rotatable bonds is 8. The summed E-state index contributed by atoms with van der Waals surface area (Å²) in [6.07, 6.45) is 6.67. The lowest BCUT2D eigenvalue weighted by Crippen LogP contribution is -2.49. The molecule has 2 heterocycles. The second-order valence-electron chi connectivity index (χ2n) is 10.5. The van der Waals surface area contributed by atoms with Gasteiger partial charge in [0.25, 0.3) is 0 Å². The van der Waals surface area contributed by atoms with Crippen LogP contribution in [0.2, 0.25) is 0 Å². The second kappa shape index (κ2) is 10.9. The van der Waals surface area contributed by atoms with Gasteiger partial charge in [0.05, 0.1) is 12.6 Å². The number of benzene rings is 3. The maximum absolute atomic E-state index is 5.70. The summed E-state index contributed by atoms with van der Waals surface area (Å²) in [4.78, 5) is 2.55. The molecule has 5 nitrogen and oxygen atoms in total. The van der Waals surface area contributed by atoms with Crippen LogP contribution in [0.4, 0.5) is 5.69 Å². The van der Waals surface area contributed by atoms with Gasteiger partial charge in [-0.05, 0) is 83.8 Å². The predicted octanol–water partition coefficient (Wildman–Crippen LogP) is 7.65. The van der Waals surface area contributed by atoms with E-state index in [2.05, 4.69) is 110 Å². The Morgan fingerprint density at radius 2 is 1.76 bits per heavy atom. The van der Waals surface area contributed by atoms with Crippen molar-refractivity contribution in [3.63, 3.8) is 0 Å². The summed E-state index contributed by atoms with van der Waals surface area (Å²) >= 11 is 0. The zero-order valence-electron chi connectivity index (χ0n) is 23.1. The first-order valence-electron chi connectivity index (χ1n) is 13.6. The van der Waals surface area contributed by atoms with E-state index in [0.717, 1.165) is 37.1 Å². The number of methoxy groups -OCH3 is 1. The van der Waals surface area contributed by atoms with Crippen molar-refractivity contribution in [3.05, 3.63) is 106 Å². The van der Waals surface area contributed by atoms with E-state index >= 15 is 0 Å². The van der Waals surface area contributed by atoms with Crippen molar-refractivity contribution in [3.8, 4) is 5.75 Å². The van der Waals surface area contributed by atoms with E-state index in [1.807, 2.05) is 12.2 Å². The van der Waals surface area contributed by atoms with E-state index in [0.29, 0.717) is 17.7 Å². The fourth-order valence-electron chi connectivity index (χ4n) is 5.45. The molecule has 3 aromatic carbocycles. The van der Waals surface area contributed by atoms with E-state index in [9.17, 15) is 0 Å². The molecule has 1 aromatic heterocycles. The van der Waals surface area contributed by atoms with E-state index in [1.54, 1.807) is 7.11 Å². The summed E-state index contributed by atoms with van der Waals surface area (Å²) < 4.78 is 11.3. The molecule has 4 aromatic rings. The van der Waals surface area contributed by atoms with Crippen LogP contribution in [0, 0.1) is 0 Å². The summed E-state index contributed by atoms with van der Waals surface area (Å²) in [6, 6.07) is 24.4. The fourth-order valence-corrected chi connectivity index (χ4v) is 5.45. The minimum absolute atomic E-state index is 0.330. The first kappa shape index (κ1) is 25.8. The Bertz CT molecular complexity index is 1400. The van der Waals surface area contributed by atoms with Gasteiger partial charge in [0.2, 0.25) is 11.8 Å². The van der Waals surface area contributed by atoms with E-state index in [-0.39, 0.29) is 5.54 Å². The molecule has 5 heteroatoms. The van der Waals surface area contributed by atoms with Crippen LogP contribution in [0.1, 0.15) is 79.6 Å². The smallest absolute Gasteiger partial charge is 0.240 e. The van der Waals surface area contributed by atoms with Crippen molar-refractivity contribution in [1.29, 1.82) is 0 Å². The largest absolute Gasteiger partial charge is 0.497 e. The molecule has 0 bridgehead atoms. The van der Waals surface area contributed by atoms with Gasteiger partial charge in [-0.25, -0.2) is 0 Å². The molecular weight excluding hydrogens is 470 g/mol. The molecule has 1 aliphatic heterocycles. The average molecular weight is 508 g/mol. The summed E-state index contributed by atoms with van der Waals surface area (Å²) in [5.74, 6) is 2.64. The lowest BCUT2D eigenvalue weighted by atomic mass is 9.76. The number of hydrogen-bond acceptors (Lipinski definition) is 5. The van der Waals surface area contributed by atoms with Crippen molar-refractivity contribution in [2.24, 2.45) is 0 Å². The zero-order valence-corrected chi connectivity index (χ0v) is 23.1. The molecule has 1 unspecified atom stereocenters. The van der Waals surface area contributed by atoms with Crippen LogP contribution in [0.25, 0.3) is 12.2 Å². The molecule has 0 saturated carbocycles. The third-order valence-corrected chi connectivity index (χ3v) is 7.69. The molecule has 0 fully saturated rings. The Balaban J connectivity index is 1.50. The Morgan fingerprint density at radius 1 is 1.00 bits per heavy atom. The zero-order chi connectivity index (χ0) is 26.7. The Labute approximate surface area is 226 Å². The molecule has 0 spiro atoms. The molecule has 38 heavy (non-hydrogen) atoms. The maximum atomic E-state index is 5.70. The average Bonchev–Trinajstić information content (AvgIpc) is 3.40. The molecule has 0 amide bonds. The van der Waals surface area contributed by atoms with Gasteiger partial charge in [0.15, 0.2) is 0 Å². The number of ether oxygens (including phenoxy) is 1. The fraction of sp³-hybridized carbons (Fsp3) is 0.333. The number of hydrogen-bond donors (Lipinski definition) is 0.